The normalized spacial score (nSPS) is 13.6. The number of aliphatic hydroxyl groups is 1. The Balaban J connectivity index is 4.36. The molecule has 0 aliphatic rings. The van der Waals surface area contributed by atoms with Crippen molar-refractivity contribution in [2.24, 2.45) is 10.8 Å². The molecule has 0 bridgehead atoms. The van der Waals surface area contributed by atoms with Crippen LogP contribution >= 0.6 is 0 Å². The zero-order valence-corrected chi connectivity index (χ0v) is 13.1. The lowest BCUT2D eigenvalue weighted by Crippen LogP contribution is -2.35. The molecule has 0 heterocycles. The van der Waals surface area contributed by atoms with Gasteiger partial charge in [0.15, 0.2) is 0 Å². The summed E-state index contributed by atoms with van der Waals surface area (Å²) in [5.41, 5.74) is -1.37. The quantitative estimate of drug-likeness (QED) is 0.710. The second-order valence-electron chi connectivity index (χ2n) is 7.36. The molecule has 0 aromatic heterocycles. The molecule has 1 N–H and O–H groups in total. The molecule has 18 heavy (non-hydrogen) atoms. The van der Waals surface area contributed by atoms with Crippen LogP contribution < -0.4 is 0 Å². The maximum Gasteiger partial charge on any atom is 0.311 e. The van der Waals surface area contributed by atoms with Crippen LogP contribution in [0.5, 0.6) is 0 Å². The predicted molar refractivity (Wildman–Crippen MR) is 74.3 cm³/mol. The molecule has 0 spiro atoms. The van der Waals surface area contributed by atoms with Gasteiger partial charge in [-0.05, 0) is 40.5 Å². The van der Waals surface area contributed by atoms with Crippen LogP contribution in [0, 0.1) is 10.8 Å². The molecule has 0 atom stereocenters. The van der Waals surface area contributed by atoms with E-state index < -0.39 is 11.0 Å². The molecule has 108 valence electrons. The SMILES string of the molecule is CCCC(C)(C)C(=O)OCC(C)(C)CC(C)(C)O. The lowest BCUT2D eigenvalue weighted by Gasteiger charge is -2.32. The molecule has 0 unspecified atom stereocenters. The van der Waals surface area contributed by atoms with Gasteiger partial charge in [-0.2, -0.15) is 0 Å². The van der Waals surface area contributed by atoms with Gasteiger partial charge in [0.05, 0.1) is 17.6 Å². The highest BCUT2D eigenvalue weighted by molar-refractivity contribution is 5.75. The average molecular weight is 258 g/mol. The Kier molecular flexibility index (Phi) is 5.86. The second-order valence-corrected chi connectivity index (χ2v) is 7.36. The van der Waals surface area contributed by atoms with Crippen molar-refractivity contribution in [1.29, 1.82) is 0 Å². The summed E-state index contributed by atoms with van der Waals surface area (Å²) in [6.07, 6.45) is 2.40. The summed E-state index contributed by atoms with van der Waals surface area (Å²) in [4.78, 5) is 12.0. The minimum atomic E-state index is -0.741. The standard InChI is InChI=1S/C15H30O3/c1-8-9-14(4,5)12(16)18-11-13(2,3)10-15(6,7)17/h17H,8-11H2,1-7H3. The van der Waals surface area contributed by atoms with E-state index in [2.05, 4.69) is 6.92 Å². The zero-order chi connectivity index (χ0) is 14.6. The summed E-state index contributed by atoms with van der Waals surface area (Å²) in [6.45, 7) is 13.8. The maximum atomic E-state index is 12.0. The molecule has 0 aromatic rings. The maximum absolute atomic E-state index is 12.0. The van der Waals surface area contributed by atoms with Crippen LogP contribution in [-0.2, 0) is 9.53 Å². The molecule has 0 saturated heterocycles. The molecular weight excluding hydrogens is 228 g/mol. The van der Waals surface area contributed by atoms with Gasteiger partial charge in [-0.25, -0.2) is 0 Å². The number of rotatable bonds is 7. The average Bonchev–Trinajstić information content (AvgIpc) is 2.10. The first-order valence-electron chi connectivity index (χ1n) is 6.79. The number of carbonyl (C=O) groups is 1. The van der Waals surface area contributed by atoms with Crippen molar-refractivity contribution in [3.63, 3.8) is 0 Å². The van der Waals surface area contributed by atoms with Crippen molar-refractivity contribution in [3.05, 3.63) is 0 Å². The third-order valence-corrected chi connectivity index (χ3v) is 2.93. The topological polar surface area (TPSA) is 46.5 Å². The molecule has 0 saturated carbocycles. The van der Waals surface area contributed by atoms with E-state index in [1.165, 1.54) is 0 Å². The fourth-order valence-electron chi connectivity index (χ4n) is 2.41. The number of hydrogen-bond donors (Lipinski definition) is 1. The van der Waals surface area contributed by atoms with Gasteiger partial charge < -0.3 is 9.84 Å². The van der Waals surface area contributed by atoms with Crippen LogP contribution in [0.4, 0.5) is 0 Å². The summed E-state index contributed by atoms with van der Waals surface area (Å²) >= 11 is 0. The summed E-state index contributed by atoms with van der Waals surface area (Å²) in [6, 6.07) is 0. The van der Waals surface area contributed by atoms with Crippen molar-refractivity contribution in [2.45, 2.75) is 73.3 Å². The number of carbonyl (C=O) groups excluding carboxylic acids is 1. The third kappa shape index (κ3) is 7.00. The Labute approximate surface area is 112 Å². The Hall–Kier alpha value is -0.570. The van der Waals surface area contributed by atoms with E-state index in [4.69, 9.17) is 4.74 Å². The molecule has 0 rings (SSSR count). The first kappa shape index (κ1) is 17.4. The van der Waals surface area contributed by atoms with E-state index >= 15 is 0 Å². The molecule has 0 aliphatic heterocycles. The van der Waals surface area contributed by atoms with Crippen LogP contribution in [-0.4, -0.2) is 23.3 Å². The van der Waals surface area contributed by atoms with Gasteiger partial charge in [-0.15, -0.1) is 0 Å². The fraction of sp³-hybridized carbons (Fsp3) is 0.933. The Morgan fingerprint density at radius 1 is 1.11 bits per heavy atom. The zero-order valence-electron chi connectivity index (χ0n) is 13.1. The molecular formula is C15H30O3. The molecule has 3 heteroatoms. The lowest BCUT2D eigenvalue weighted by molar-refractivity contribution is -0.158. The van der Waals surface area contributed by atoms with Crippen LogP contribution in [0.3, 0.4) is 0 Å². The van der Waals surface area contributed by atoms with Gasteiger partial charge in [0.25, 0.3) is 0 Å². The Bertz CT molecular complexity index is 272. The summed E-state index contributed by atoms with van der Waals surface area (Å²) in [7, 11) is 0. The van der Waals surface area contributed by atoms with Gasteiger partial charge in [0.1, 0.15) is 0 Å². The minimum absolute atomic E-state index is 0.145. The molecule has 0 fully saturated rings. The summed E-state index contributed by atoms with van der Waals surface area (Å²) in [5, 5.41) is 9.82. The second kappa shape index (κ2) is 6.05. The first-order chi connectivity index (χ1) is 7.90. The monoisotopic (exact) mass is 258 g/mol. The molecule has 0 amide bonds. The van der Waals surface area contributed by atoms with E-state index in [0.29, 0.717) is 13.0 Å². The van der Waals surface area contributed by atoms with E-state index in [9.17, 15) is 9.90 Å². The van der Waals surface area contributed by atoms with E-state index in [-0.39, 0.29) is 11.4 Å². The first-order valence-corrected chi connectivity index (χ1v) is 6.79. The van der Waals surface area contributed by atoms with E-state index in [1.807, 2.05) is 27.7 Å². The van der Waals surface area contributed by atoms with Crippen molar-refractivity contribution >= 4 is 5.97 Å². The molecule has 0 aliphatic carbocycles. The number of hydrogen-bond acceptors (Lipinski definition) is 3. The van der Waals surface area contributed by atoms with Crippen molar-refractivity contribution in [1.82, 2.24) is 0 Å². The van der Waals surface area contributed by atoms with E-state index in [1.54, 1.807) is 13.8 Å². The van der Waals surface area contributed by atoms with Gasteiger partial charge in [0.2, 0.25) is 0 Å². The number of esters is 1. The summed E-state index contributed by atoms with van der Waals surface area (Å²) < 4.78 is 5.42. The fourth-order valence-corrected chi connectivity index (χ4v) is 2.41. The molecule has 0 aromatic carbocycles. The highest BCUT2D eigenvalue weighted by Crippen LogP contribution is 2.30. The Morgan fingerprint density at radius 3 is 2.00 bits per heavy atom. The van der Waals surface area contributed by atoms with Crippen LogP contribution in [0.1, 0.15) is 67.7 Å². The van der Waals surface area contributed by atoms with Crippen LogP contribution in [0.25, 0.3) is 0 Å². The predicted octanol–water partition coefficient (Wildman–Crippen LogP) is 3.54. The lowest BCUT2D eigenvalue weighted by atomic mass is 9.82. The van der Waals surface area contributed by atoms with Crippen molar-refractivity contribution < 1.29 is 14.6 Å². The smallest absolute Gasteiger partial charge is 0.311 e. The van der Waals surface area contributed by atoms with Gasteiger partial charge in [-0.1, -0.05) is 27.2 Å². The summed E-state index contributed by atoms with van der Waals surface area (Å²) in [5.74, 6) is -0.145. The minimum Gasteiger partial charge on any atom is -0.465 e. The third-order valence-electron chi connectivity index (χ3n) is 2.93. The highest BCUT2D eigenvalue weighted by Gasteiger charge is 2.32. The van der Waals surface area contributed by atoms with Crippen molar-refractivity contribution in [2.75, 3.05) is 6.61 Å². The van der Waals surface area contributed by atoms with Crippen molar-refractivity contribution in [3.8, 4) is 0 Å². The van der Waals surface area contributed by atoms with Gasteiger partial charge in [0, 0.05) is 5.41 Å². The van der Waals surface area contributed by atoms with Crippen LogP contribution in [0.2, 0.25) is 0 Å². The number of ether oxygens (including phenoxy) is 1. The van der Waals surface area contributed by atoms with Crippen LogP contribution in [0.15, 0.2) is 0 Å². The Morgan fingerprint density at radius 2 is 1.61 bits per heavy atom. The largest absolute Gasteiger partial charge is 0.465 e. The van der Waals surface area contributed by atoms with Gasteiger partial charge in [-0.3, -0.25) is 4.79 Å². The highest BCUT2D eigenvalue weighted by atomic mass is 16.5. The van der Waals surface area contributed by atoms with Gasteiger partial charge >= 0.3 is 5.97 Å². The molecule has 0 radical (unpaired) electrons. The van der Waals surface area contributed by atoms with E-state index in [0.717, 1.165) is 12.8 Å². The molecule has 3 nitrogen and oxygen atoms in total.